The van der Waals surface area contributed by atoms with Gasteiger partial charge in [-0.1, -0.05) is 12.1 Å². The summed E-state index contributed by atoms with van der Waals surface area (Å²) in [5.41, 5.74) is 0.597. The quantitative estimate of drug-likeness (QED) is 0.563. The van der Waals surface area contributed by atoms with Gasteiger partial charge in [0.1, 0.15) is 5.75 Å². The Hall–Kier alpha value is -2.37. The van der Waals surface area contributed by atoms with Crippen molar-refractivity contribution in [3.8, 4) is 5.75 Å². The zero-order valence-electron chi connectivity index (χ0n) is 13.8. The second-order valence-electron chi connectivity index (χ2n) is 6.15. The molecule has 2 rings (SSSR count). The Labute approximate surface area is 141 Å². The number of amides is 1. The molecule has 1 fully saturated rings. The fourth-order valence-corrected chi connectivity index (χ4v) is 2.86. The number of hydrogen-bond donors (Lipinski definition) is 2. The molecule has 2 atom stereocenters. The van der Waals surface area contributed by atoms with Crippen LogP contribution >= 0.6 is 0 Å². The molecule has 0 aliphatic heterocycles. The molecule has 1 saturated carbocycles. The normalized spacial score (nSPS) is 19.7. The lowest BCUT2D eigenvalue weighted by atomic mass is 10.1. The maximum Gasteiger partial charge on any atom is 0.306 e. The summed E-state index contributed by atoms with van der Waals surface area (Å²) in [7, 11) is 0. The number of ether oxygens (including phenoxy) is 1. The van der Waals surface area contributed by atoms with Crippen molar-refractivity contribution in [2.24, 2.45) is 5.92 Å². The molecule has 0 aromatic heterocycles. The standard InChI is InChI=1S/C18H23NO5/c1-12(20)13-4-2-5-16(11-13)24-9-3-6-17(21)19-15-8-7-14(10-15)18(22)23/h2,4-5,11,14-15H,3,6-10H2,1H3,(H,19,21)(H,22,23)/t14-,15+/m1/s1. The van der Waals surface area contributed by atoms with E-state index in [1.165, 1.54) is 6.92 Å². The third-order valence-corrected chi connectivity index (χ3v) is 4.20. The lowest BCUT2D eigenvalue weighted by molar-refractivity contribution is -0.141. The van der Waals surface area contributed by atoms with E-state index < -0.39 is 5.97 Å². The van der Waals surface area contributed by atoms with Crippen molar-refractivity contribution in [1.82, 2.24) is 5.32 Å². The molecule has 0 bridgehead atoms. The molecule has 6 nitrogen and oxygen atoms in total. The van der Waals surface area contributed by atoms with E-state index >= 15 is 0 Å². The fourth-order valence-electron chi connectivity index (χ4n) is 2.86. The van der Waals surface area contributed by atoms with Crippen LogP contribution in [0.3, 0.4) is 0 Å². The predicted octanol–water partition coefficient (Wildman–Crippen LogP) is 2.42. The van der Waals surface area contributed by atoms with E-state index in [4.69, 9.17) is 9.84 Å². The third-order valence-electron chi connectivity index (χ3n) is 4.20. The molecule has 130 valence electrons. The van der Waals surface area contributed by atoms with Crippen LogP contribution in [-0.2, 0) is 9.59 Å². The Morgan fingerprint density at radius 3 is 2.75 bits per heavy atom. The highest BCUT2D eigenvalue weighted by atomic mass is 16.5. The van der Waals surface area contributed by atoms with Gasteiger partial charge in [0.15, 0.2) is 5.78 Å². The van der Waals surface area contributed by atoms with Crippen LogP contribution in [-0.4, -0.2) is 35.4 Å². The van der Waals surface area contributed by atoms with Crippen LogP contribution in [0.1, 0.15) is 49.4 Å². The Morgan fingerprint density at radius 2 is 2.08 bits per heavy atom. The van der Waals surface area contributed by atoms with Crippen molar-refractivity contribution in [2.75, 3.05) is 6.61 Å². The summed E-state index contributed by atoms with van der Waals surface area (Å²) in [4.78, 5) is 34.1. The lowest BCUT2D eigenvalue weighted by Crippen LogP contribution is -2.33. The van der Waals surface area contributed by atoms with E-state index in [-0.39, 0.29) is 23.7 Å². The first-order chi connectivity index (χ1) is 11.5. The number of hydrogen-bond acceptors (Lipinski definition) is 4. The number of carbonyl (C=O) groups excluding carboxylic acids is 2. The summed E-state index contributed by atoms with van der Waals surface area (Å²) in [6, 6.07) is 6.92. The lowest BCUT2D eigenvalue weighted by Gasteiger charge is -2.12. The van der Waals surface area contributed by atoms with Crippen LogP contribution in [0.25, 0.3) is 0 Å². The molecule has 0 saturated heterocycles. The molecule has 0 spiro atoms. The largest absolute Gasteiger partial charge is 0.494 e. The van der Waals surface area contributed by atoms with Crippen LogP contribution in [0.4, 0.5) is 0 Å². The molecular formula is C18H23NO5. The van der Waals surface area contributed by atoms with Crippen LogP contribution in [0.5, 0.6) is 5.75 Å². The summed E-state index contributed by atoms with van der Waals surface area (Å²) in [6.45, 7) is 1.89. The third kappa shape index (κ3) is 5.37. The fraction of sp³-hybridized carbons (Fsp3) is 0.500. The minimum Gasteiger partial charge on any atom is -0.494 e. The average Bonchev–Trinajstić information content (AvgIpc) is 3.00. The maximum atomic E-state index is 11.9. The van der Waals surface area contributed by atoms with E-state index in [0.717, 1.165) is 6.42 Å². The minimum absolute atomic E-state index is 0.0175. The summed E-state index contributed by atoms with van der Waals surface area (Å²) in [5, 5.41) is 11.8. The van der Waals surface area contributed by atoms with Crippen molar-refractivity contribution in [1.29, 1.82) is 0 Å². The van der Waals surface area contributed by atoms with E-state index in [2.05, 4.69) is 5.32 Å². The highest BCUT2D eigenvalue weighted by molar-refractivity contribution is 5.94. The van der Waals surface area contributed by atoms with Gasteiger partial charge in [-0.25, -0.2) is 0 Å². The maximum absolute atomic E-state index is 11.9. The van der Waals surface area contributed by atoms with Crippen molar-refractivity contribution in [3.05, 3.63) is 29.8 Å². The molecular weight excluding hydrogens is 310 g/mol. The van der Waals surface area contributed by atoms with Crippen LogP contribution < -0.4 is 10.1 Å². The van der Waals surface area contributed by atoms with Gasteiger partial charge in [0.2, 0.25) is 5.91 Å². The van der Waals surface area contributed by atoms with Gasteiger partial charge in [-0.3, -0.25) is 14.4 Å². The number of benzene rings is 1. The Balaban J connectivity index is 1.65. The molecule has 0 heterocycles. The second-order valence-corrected chi connectivity index (χ2v) is 6.15. The van der Waals surface area contributed by atoms with Gasteiger partial charge >= 0.3 is 5.97 Å². The molecule has 1 aromatic carbocycles. The molecule has 6 heteroatoms. The van der Waals surface area contributed by atoms with E-state index in [9.17, 15) is 14.4 Å². The Bertz CT molecular complexity index is 613. The predicted molar refractivity (Wildman–Crippen MR) is 88.1 cm³/mol. The average molecular weight is 333 g/mol. The first-order valence-electron chi connectivity index (χ1n) is 8.21. The number of aliphatic carboxylic acids is 1. The van der Waals surface area contributed by atoms with Gasteiger partial charge < -0.3 is 15.2 Å². The molecule has 1 aromatic rings. The van der Waals surface area contributed by atoms with Crippen LogP contribution in [0.2, 0.25) is 0 Å². The Kier molecular flexibility index (Phi) is 6.35. The summed E-state index contributed by atoms with van der Waals surface area (Å²) < 4.78 is 5.56. The van der Waals surface area contributed by atoms with Gasteiger partial charge in [0, 0.05) is 18.0 Å². The van der Waals surface area contributed by atoms with Gasteiger partial charge in [-0.15, -0.1) is 0 Å². The second kappa shape index (κ2) is 8.47. The molecule has 0 radical (unpaired) electrons. The number of rotatable bonds is 8. The highest BCUT2D eigenvalue weighted by Crippen LogP contribution is 2.25. The molecule has 1 aliphatic rings. The molecule has 1 amide bonds. The van der Waals surface area contributed by atoms with Gasteiger partial charge in [0.05, 0.1) is 12.5 Å². The zero-order chi connectivity index (χ0) is 17.5. The van der Waals surface area contributed by atoms with E-state index in [1.54, 1.807) is 24.3 Å². The van der Waals surface area contributed by atoms with Gasteiger partial charge in [-0.2, -0.15) is 0 Å². The van der Waals surface area contributed by atoms with Crippen molar-refractivity contribution < 1.29 is 24.2 Å². The highest BCUT2D eigenvalue weighted by Gasteiger charge is 2.30. The smallest absolute Gasteiger partial charge is 0.306 e. The summed E-state index contributed by atoms with van der Waals surface area (Å²) in [6.07, 6.45) is 2.74. The zero-order valence-corrected chi connectivity index (χ0v) is 13.8. The van der Waals surface area contributed by atoms with Crippen molar-refractivity contribution in [3.63, 3.8) is 0 Å². The van der Waals surface area contributed by atoms with Crippen LogP contribution in [0.15, 0.2) is 24.3 Å². The molecule has 24 heavy (non-hydrogen) atoms. The van der Waals surface area contributed by atoms with Gasteiger partial charge in [0.25, 0.3) is 0 Å². The molecule has 0 unspecified atom stereocenters. The van der Waals surface area contributed by atoms with Gasteiger partial charge in [-0.05, 0) is 44.7 Å². The van der Waals surface area contributed by atoms with E-state index in [0.29, 0.717) is 43.6 Å². The van der Waals surface area contributed by atoms with E-state index in [1.807, 2.05) is 0 Å². The number of carboxylic acid groups (broad SMARTS) is 1. The number of carboxylic acids is 1. The number of nitrogens with one attached hydrogen (secondary N) is 1. The monoisotopic (exact) mass is 333 g/mol. The Morgan fingerprint density at radius 1 is 1.29 bits per heavy atom. The van der Waals surface area contributed by atoms with Crippen molar-refractivity contribution >= 4 is 17.7 Å². The minimum atomic E-state index is -0.784. The number of ketones is 1. The summed E-state index contributed by atoms with van der Waals surface area (Å²) >= 11 is 0. The first-order valence-corrected chi connectivity index (χ1v) is 8.21. The SMILES string of the molecule is CC(=O)c1cccc(OCCCC(=O)N[C@H]2CC[C@@H](C(=O)O)C2)c1. The van der Waals surface area contributed by atoms with Crippen molar-refractivity contribution in [2.45, 2.75) is 45.1 Å². The number of Topliss-reactive ketones (excluding diaryl/α,β-unsaturated/α-hetero) is 1. The first kappa shape index (κ1) is 18.0. The topological polar surface area (TPSA) is 92.7 Å². The molecule has 1 aliphatic carbocycles. The molecule has 2 N–H and O–H groups in total. The number of carbonyl (C=O) groups is 3. The summed E-state index contributed by atoms with van der Waals surface area (Å²) in [5.74, 6) is -0.605. The van der Waals surface area contributed by atoms with Crippen LogP contribution in [0, 0.1) is 5.92 Å².